The maximum absolute atomic E-state index is 12.7. The first kappa shape index (κ1) is 48.6. The topological polar surface area (TPSA) is 142 Å². The number of hydrogen-bond acceptors (Lipinski definition) is 6. The van der Waals surface area contributed by atoms with Crippen LogP contribution >= 0.6 is 0 Å². The van der Waals surface area contributed by atoms with E-state index in [0.717, 1.165) is 57.8 Å². The van der Waals surface area contributed by atoms with Gasteiger partial charge in [-0.15, -0.1) is 0 Å². The zero-order chi connectivity index (χ0) is 37.6. The molecule has 0 aliphatic heterocycles. The number of allylic oxidation sites excluding steroid dienone is 1. The summed E-state index contributed by atoms with van der Waals surface area (Å²) in [5.41, 5.74) is 0. The van der Waals surface area contributed by atoms with Crippen LogP contribution in [0.25, 0.3) is 0 Å². The van der Waals surface area contributed by atoms with Gasteiger partial charge in [0.05, 0.1) is 13.2 Å². The minimum atomic E-state index is -1.38. The number of esters is 1. The number of hydrogen-bond donors (Lipinski definition) is 4. The lowest BCUT2D eigenvalue weighted by Gasteiger charge is -2.15. The van der Waals surface area contributed by atoms with Crippen molar-refractivity contribution in [3.05, 3.63) is 12.2 Å². The summed E-state index contributed by atoms with van der Waals surface area (Å²) in [4.78, 5) is 47.3. The zero-order valence-electron chi connectivity index (χ0n) is 32.9. The van der Waals surface area contributed by atoms with Gasteiger partial charge in [-0.3, -0.25) is 14.4 Å². The quantitative estimate of drug-likeness (QED) is 0.0282. The predicted octanol–water partition coefficient (Wildman–Crippen LogP) is 9.88. The Morgan fingerprint density at radius 2 is 1.04 bits per heavy atom. The lowest BCUT2D eigenvalue weighted by Crippen LogP contribution is -2.47. The van der Waals surface area contributed by atoms with E-state index >= 15 is 0 Å². The van der Waals surface area contributed by atoms with Crippen molar-refractivity contribution in [1.82, 2.24) is 10.6 Å². The summed E-state index contributed by atoms with van der Waals surface area (Å²) < 4.78 is 5.93. The first-order valence-corrected chi connectivity index (χ1v) is 21.1. The Kier molecular flexibility index (Phi) is 35.6. The maximum atomic E-state index is 12.7. The molecular formula is C42H78N2O7. The predicted molar refractivity (Wildman–Crippen MR) is 209 cm³/mol. The van der Waals surface area contributed by atoms with Crippen LogP contribution in [-0.2, 0) is 23.9 Å². The molecule has 0 fully saturated rings. The fourth-order valence-electron chi connectivity index (χ4n) is 6.21. The van der Waals surface area contributed by atoms with Crippen molar-refractivity contribution in [2.75, 3.05) is 13.2 Å². The Balaban J connectivity index is 4.20. The molecule has 0 aliphatic rings. The largest absolute Gasteiger partial charge is 0.480 e. The second-order valence-corrected chi connectivity index (χ2v) is 14.4. The Morgan fingerprint density at radius 3 is 1.53 bits per heavy atom. The second kappa shape index (κ2) is 37.3. The third kappa shape index (κ3) is 34.4. The molecule has 0 saturated heterocycles. The molecule has 9 nitrogen and oxygen atoms in total. The fourth-order valence-corrected chi connectivity index (χ4v) is 6.21. The molecule has 0 aromatic heterocycles. The summed E-state index contributed by atoms with van der Waals surface area (Å²) >= 11 is 0. The molecule has 51 heavy (non-hydrogen) atoms. The van der Waals surface area contributed by atoms with Gasteiger partial charge >= 0.3 is 11.9 Å². The molecule has 0 rings (SSSR count). The third-order valence-corrected chi connectivity index (χ3v) is 9.50. The van der Waals surface area contributed by atoms with Gasteiger partial charge in [0.15, 0.2) is 0 Å². The Bertz CT molecular complexity index is 879. The number of aliphatic hydroxyl groups is 1. The number of carbonyl (C=O) groups is 4. The highest BCUT2D eigenvalue weighted by molar-refractivity contribution is 5.87. The van der Waals surface area contributed by atoms with Crippen molar-refractivity contribution >= 4 is 23.8 Å². The molecule has 298 valence electrons. The van der Waals surface area contributed by atoms with E-state index in [2.05, 4.69) is 36.6 Å². The van der Waals surface area contributed by atoms with E-state index in [0.29, 0.717) is 19.3 Å². The average Bonchev–Trinajstić information content (AvgIpc) is 3.11. The molecule has 0 aromatic rings. The van der Waals surface area contributed by atoms with Gasteiger partial charge in [0.25, 0.3) is 0 Å². The summed E-state index contributed by atoms with van der Waals surface area (Å²) in [7, 11) is 0. The molecule has 9 heteroatoms. The van der Waals surface area contributed by atoms with Gasteiger partial charge in [-0.05, 0) is 44.6 Å². The van der Waals surface area contributed by atoms with Crippen LogP contribution in [0.5, 0.6) is 0 Å². The number of rotatable bonds is 38. The zero-order valence-corrected chi connectivity index (χ0v) is 32.9. The summed E-state index contributed by atoms with van der Waals surface area (Å²) in [5, 5.41) is 22.5. The highest BCUT2D eigenvalue weighted by Crippen LogP contribution is 2.16. The molecule has 0 aliphatic carbocycles. The number of unbranched alkanes of at least 4 members (excludes halogenated alkanes) is 24. The molecule has 0 heterocycles. The van der Waals surface area contributed by atoms with E-state index in [1.807, 2.05) is 0 Å². The summed E-state index contributed by atoms with van der Waals surface area (Å²) in [6, 6.07) is -1.38. The van der Waals surface area contributed by atoms with Crippen LogP contribution in [0, 0.1) is 0 Å². The van der Waals surface area contributed by atoms with E-state index in [9.17, 15) is 19.2 Å². The summed E-state index contributed by atoms with van der Waals surface area (Å²) in [6.07, 6.45) is 38.3. The van der Waals surface area contributed by atoms with Crippen LogP contribution < -0.4 is 10.6 Å². The van der Waals surface area contributed by atoms with Crippen LogP contribution in [0.2, 0.25) is 0 Å². The SMILES string of the molecule is CCCCCCCC/C=C\C(CCCCCCCCC(=O)NCC(=O)NC(CO)C(=O)O)OC(=O)CCCCCCCCCCCCCCCC. The number of ether oxygens (including phenoxy) is 1. The first-order chi connectivity index (χ1) is 24.8. The van der Waals surface area contributed by atoms with Crippen molar-refractivity contribution in [3.63, 3.8) is 0 Å². The number of carboxylic acid groups (broad SMARTS) is 1. The Hall–Kier alpha value is -2.42. The van der Waals surface area contributed by atoms with Crippen molar-refractivity contribution in [1.29, 1.82) is 0 Å². The van der Waals surface area contributed by atoms with E-state index < -0.39 is 24.5 Å². The number of amides is 2. The molecule has 0 radical (unpaired) electrons. The van der Waals surface area contributed by atoms with Crippen LogP contribution in [0.3, 0.4) is 0 Å². The molecule has 0 bridgehead atoms. The number of carboxylic acids is 1. The van der Waals surface area contributed by atoms with Crippen molar-refractivity contribution in [2.45, 2.75) is 219 Å². The van der Waals surface area contributed by atoms with Crippen molar-refractivity contribution in [3.8, 4) is 0 Å². The molecule has 0 saturated carbocycles. The van der Waals surface area contributed by atoms with E-state index in [1.54, 1.807) is 0 Å². The smallest absolute Gasteiger partial charge is 0.328 e. The van der Waals surface area contributed by atoms with E-state index in [4.69, 9.17) is 14.9 Å². The van der Waals surface area contributed by atoms with Crippen LogP contribution in [0.15, 0.2) is 12.2 Å². The summed E-state index contributed by atoms with van der Waals surface area (Å²) in [6.45, 7) is 3.48. The lowest BCUT2D eigenvalue weighted by molar-refractivity contribution is -0.147. The number of nitrogens with one attached hydrogen (secondary N) is 2. The fraction of sp³-hybridized carbons (Fsp3) is 0.857. The molecular weight excluding hydrogens is 644 g/mol. The third-order valence-electron chi connectivity index (χ3n) is 9.50. The number of aliphatic hydroxyl groups excluding tert-OH is 1. The second-order valence-electron chi connectivity index (χ2n) is 14.4. The Labute approximate surface area is 311 Å². The van der Waals surface area contributed by atoms with E-state index in [-0.39, 0.29) is 24.5 Å². The lowest BCUT2D eigenvalue weighted by atomic mass is 10.0. The van der Waals surface area contributed by atoms with Gasteiger partial charge in [-0.1, -0.05) is 161 Å². The molecule has 2 amide bonds. The average molecular weight is 723 g/mol. The highest BCUT2D eigenvalue weighted by atomic mass is 16.5. The van der Waals surface area contributed by atoms with Crippen LogP contribution in [0.4, 0.5) is 0 Å². The van der Waals surface area contributed by atoms with Gasteiger partial charge in [-0.2, -0.15) is 0 Å². The van der Waals surface area contributed by atoms with E-state index in [1.165, 1.54) is 116 Å². The summed E-state index contributed by atoms with van der Waals surface area (Å²) in [5.74, 6) is -2.31. The normalized spacial score (nSPS) is 12.5. The van der Waals surface area contributed by atoms with Gasteiger partial charge in [0.2, 0.25) is 11.8 Å². The van der Waals surface area contributed by atoms with Gasteiger partial charge < -0.3 is 25.6 Å². The maximum Gasteiger partial charge on any atom is 0.328 e. The monoisotopic (exact) mass is 723 g/mol. The van der Waals surface area contributed by atoms with Crippen molar-refractivity contribution in [2.24, 2.45) is 0 Å². The molecule has 0 spiro atoms. The Morgan fingerprint density at radius 1 is 0.588 bits per heavy atom. The minimum Gasteiger partial charge on any atom is -0.480 e. The molecule has 0 aromatic carbocycles. The van der Waals surface area contributed by atoms with Gasteiger partial charge in [0, 0.05) is 12.8 Å². The van der Waals surface area contributed by atoms with Gasteiger partial charge in [-0.25, -0.2) is 4.79 Å². The minimum absolute atomic E-state index is 0.0750. The molecule has 2 atom stereocenters. The van der Waals surface area contributed by atoms with Crippen LogP contribution in [-0.4, -0.2) is 59.3 Å². The highest BCUT2D eigenvalue weighted by Gasteiger charge is 2.18. The standard InChI is InChI=1S/C42H78N2O7/c1-3-5-7-9-11-13-14-15-16-17-18-20-26-30-34-41(48)51-37(31-27-23-19-12-10-8-6-4-2)32-28-24-21-22-25-29-33-39(46)43-35-40(47)44-38(36-45)42(49)50/h27,31,37-38,45H,3-26,28-30,32-36H2,1-2H3,(H,43,46)(H,44,47)(H,49,50)/b31-27-. The first-order valence-electron chi connectivity index (χ1n) is 21.1. The van der Waals surface area contributed by atoms with Crippen LogP contribution in [0.1, 0.15) is 206 Å². The molecule has 2 unspecified atom stereocenters. The van der Waals surface area contributed by atoms with Gasteiger partial charge in [0.1, 0.15) is 12.1 Å². The van der Waals surface area contributed by atoms with Crippen molar-refractivity contribution < 1.29 is 34.1 Å². The number of aliphatic carboxylic acids is 1. The number of carbonyl (C=O) groups excluding carboxylic acids is 3. The molecule has 4 N–H and O–H groups in total.